The largest absolute Gasteiger partial charge is 0.462 e. The fourth-order valence-electron chi connectivity index (χ4n) is 2.01. The molecule has 0 amide bonds. The van der Waals surface area contributed by atoms with Gasteiger partial charge in [0, 0.05) is 10.7 Å². The lowest BCUT2D eigenvalue weighted by molar-refractivity contribution is 0.0521. The van der Waals surface area contributed by atoms with Crippen LogP contribution in [0.3, 0.4) is 0 Å². The molecule has 0 spiro atoms. The van der Waals surface area contributed by atoms with Gasteiger partial charge in [-0.1, -0.05) is 0 Å². The second-order valence-electron chi connectivity index (χ2n) is 4.54. The topological polar surface area (TPSA) is 78.3 Å². The summed E-state index contributed by atoms with van der Waals surface area (Å²) >= 11 is 0. The van der Waals surface area contributed by atoms with Crippen molar-refractivity contribution in [2.45, 2.75) is 37.8 Å². The van der Waals surface area contributed by atoms with Crippen LogP contribution in [-0.4, -0.2) is 30.8 Å². The Morgan fingerprint density at radius 2 is 2.26 bits per heavy atom. The molecule has 0 N–H and O–H groups in total. The first-order valence-electron chi connectivity index (χ1n) is 6.05. The number of hydrogen-bond donors (Lipinski definition) is 0. The molecule has 1 aliphatic rings. The fourth-order valence-corrected chi connectivity index (χ4v) is 3.31. The average molecular weight is 307 g/mol. The van der Waals surface area contributed by atoms with E-state index in [4.69, 9.17) is 15.4 Å². The normalized spacial score (nSPS) is 17.2. The van der Waals surface area contributed by atoms with Crippen LogP contribution in [0.4, 0.5) is 0 Å². The lowest BCUT2D eigenvalue weighted by atomic mass is 10.2. The smallest absolute Gasteiger partial charge is 0.342 e. The van der Waals surface area contributed by atoms with E-state index in [-0.39, 0.29) is 23.2 Å². The average Bonchev–Trinajstić information content (AvgIpc) is 3.04. The molecule has 1 aromatic heterocycles. The predicted molar refractivity (Wildman–Crippen MR) is 68.7 cm³/mol. The van der Waals surface area contributed by atoms with Crippen LogP contribution in [0.15, 0.2) is 11.2 Å². The maximum absolute atomic E-state index is 11.7. The first-order valence-corrected chi connectivity index (χ1v) is 8.36. The van der Waals surface area contributed by atoms with Gasteiger partial charge in [0.1, 0.15) is 5.56 Å². The van der Waals surface area contributed by atoms with Gasteiger partial charge in [-0.05, 0) is 32.6 Å². The van der Waals surface area contributed by atoms with E-state index in [0.29, 0.717) is 5.92 Å². The van der Waals surface area contributed by atoms with Crippen molar-refractivity contribution in [2.24, 2.45) is 5.92 Å². The van der Waals surface area contributed by atoms with Crippen molar-refractivity contribution in [3.05, 3.63) is 11.8 Å². The van der Waals surface area contributed by atoms with Crippen LogP contribution in [0.1, 0.15) is 43.1 Å². The van der Waals surface area contributed by atoms with E-state index in [2.05, 4.69) is 5.10 Å². The molecule has 1 fully saturated rings. The Labute approximate surface area is 116 Å². The molecular weight excluding hydrogens is 292 g/mol. The number of ether oxygens (including phenoxy) is 1. The van der Waals surface area contributed by atoms with Gasteiger partial charge in [0.2, 0.25) is 0 Å². The summed E-state index contributed by atoms with van der Waals surface area (Å²) in [6, 6.07) is -0.105. The van der Waals surface area contributed by atoms with Crippen LogP contribution in [0.5, 0.6) is 0 Å². The van der Waals surface area contributed by atoms with Gasteiger partial charge in [0.05, 0.1) is 18.8 Å². The highest BCUT2D eigenvalue weighted by Crippen LogP contribution is 2.40. The summed E-state index contributed by atoms with van der Waals surface area (Å²) in [5.74, 6) is -0.344. The third-order valence-electron chi connectivity index (χ3n) is 3.17. The molecule has 1 aromatic rings. The third kappa shape index (κ3) is 2.92. The highest BCUT2D eigenvalue weighted by Gasteiger charge is 2.35. The zero-order valence-corrected chi connectivity index (χ0v) is 12.2. The van der Waals surface area contributed by atoms with E-state index < -0.39 is 15.0 Å². The van der Waals surface area contributed by atoms with Gasteiger partial charge < -0.3 is 4.74 Å². The lowest BCUT2D eigenvalue weighted by Crippen LogP contribution is -2.16. The van der Waals surface area contributed by atoms with E-state index in [9.17, 15) is 13.2 Å². The van der Waals surface area contributed by atoms with Crippen LogP contribution in [0, 0.1) is 5.92 Å². The Balaban J connectivity index is 2.48. The number of carbonyl (C=O) groups is 1. The van der Waals surface area contributed by atoms with Gasteiger partial charge in [-0.15, -0.1) is 0 Å². The minimum Gasteiger partial charge on any atom is -0.462 e. The quantitative estimate of drug-likeness (QED) is 0.614. The Morgan fingerprint density at radius 3 is 2.74 bits per heavy atom. The van der Waals surface area contributed by atoms with Crippen LogP contribution in [0.25, 0.3) is 0 Å². The maximum Gasteiger partial charge on any atom is 0.342 e. The highest BCUT2D eigenvalue weighted by molar-refractivity contribution is 8.13. The molecule has 1 saturated carbocycles. The van der Waals surface area contributed by atoms with E-state index >= 15 is 0 Å². The summed E-state index contributed by atoms with van der Waals surface area (Å²) in [6.07, 6.45) is 3.25. The highest BCUT2D eigenvalue weighted by atomic mass is 35.7. The van der Waals surface area contributed by atoms with Crippen LogP contribution in [0.2, 0.25) is 0 Å². The molecule has 6 nitrogen and oxygen atoms in total. The van der Waals surface area contributed by atoms with E-state index in [1.54, 1.807) is 6.92 Å². The Morgan fingerprint density at radius 1 is 1.63 bits per heavy atom. The molecule has 0 bridgehead atoms. The molecule has 0 aliphatic heterocycles. The van der Waals surface area contributed by atoms with Gasteiger partial charge in [0.25, 0.3) is 9.05 Å². The summed E-state index contributed by atoms with van der Waals surface area (Å²) < 4.78 is 29.5. The Bertz CT molecular complexity index is 592. The first kappa shape index (κ1) is 14.3. The van der Waals surface area contributed by atoms with E-state index in [1.807, 2.05) is 6.92 Å². The maximum atomic E-state index is 11.7. The minimum absolute atomic E-state index is 0.105. The standard InChI is InChI=1S/C11H15ClN2O4S/c1-3-18-11(15)9-6-13-14(7(2)8-4-5-8)10(9)19(12,16)17/h6-8H,3-5H2,1-2H3. The third-order valence-corrected chi connectivity index (χ3v) is 4.47. The molecule has 8 heteroatoms. The van der Waals surface area contributed by atoms with Crippen molar-refractivity contribution in [1.82, 2.24) is 9.78 Å². The zero-order valence-electron chi connectivity index (χ0n) is 10.7. The van der Waals surface area contributed by atoms with Crippen molar-refractivity contribution in [2.75, 3.05) is 6.61 Å². The molecule has 1 unspecified atom stereocenters. The molecule has 1 aliphatic carbocycles. The lowest BCUT2D eigenvalue weighted by Gasteiger charge is -2.13. The Kier molecular flexibility index (Phi) is 3.87. The van der Waals surface area contributed by atoms with Crippen LogP contribution < -0.4 is 0 Å². The van der Waals surface area contributed by atoms with Crippen LogP contribution >= 0.6 is 10.7 Å². The minimum atomic E-state index is -4.06. The van der Waals surface area contributed by atoms with Crippen molar-refractivity contribution < 1.29 is 17.9 Å². The molecule has 2 rings (SSSR count). The number of hydrogen-bond acceptors (Lipinski definition) is 5. The molecule has 1 heterocycles. The number of rotatable bonds is 5. The number of carbonyl (C=O) groups excluding carboxylic acids is 1. The number of esters is 1. The first-order chi connectivity index (χ1) is 8.86. The molecule has 0 saturated heterocycles. The van der Waals surface area contributed by atoms with Gasteiger partial charge in [-0.25, -0.2) is 17.9 Å². The zero-order chi connectivity index (χ0) is 14.2. The summed E-state index contributed by atoms with van der Waals surface area (Å²) in [5, 5.41) is 3.73. The van der Waals surface area contributed by atoms with Crippen molar-refractivity contribution >= 4 is 25.7 Å². The number of halogens is 1. The second kappa shape index (κ2) is 5.13. The molecule has 1 atom stereocenters. The Hall–Kier alpha value is -1.08. The molecule has 19 heavy (non-hydrogen) atoms. The predicted octanol–water partition coefficient (Wildman–Crippen LogP) is 1.96. The summed E-state index contributed by atoms with van der Waals surface area (Å²) in [7, 11) is 1.36. The molecular formula is C11H15ClN2O4S. The summed E-state index contributed by atoms with van der Waals surface area (Å²) in [6.45, 7) is 3.67. The summed E-state index contributed by atoms with van der Waals surface area (Å²) in [4.78, 5) is 11.7. The number of nitrogens with zero attached hydrogens (tertiary/aromatic N) is 2. The summed E-state index contributed by atoms with van der Waals surface area (Å²) in [5.41, 5.74) is -0.107. The van der Waals surface area contributed by atoms with Gasteiger partial charge in [-0.3, -0.25) is 0 Å². The van der Waals surface area contributed by atoms with Gasteiger partial charge in [0.15, 0.2) is 5.03 Å². The SMILES string of the molecule is CCOC(=O)c1cnn(C(C)C2CC2)c1S(=O)(=O)Cl. The van der Waals surface area contributed by atoms with E-state index in [1.165, 1.54) is 10.9 Å². The van der Waals surface area contributed by atoms with Crippen molar-refractivity contribution in [3.8, 4) is 0 Å². The van der Waals surface area contributed by atoms with Crippen molar-refractivity contribution in [3.63, 3.8) is 0 Å². The molecule has 0 aromatic carbocycles. The van der Waals surface area contributed by atoms with Crippen molar-refractivity contribution in [1.29, 1.82) is 0 Å². The van der Waals surface area contributed by atoms with Gasteiger partial charge in [-0.2, -0.15) is 5.10 Å². The fraction of sp³-hybridized carbons (Fsp3) is 0.636. The second-order valence-corrected chi connectivity index (χ2v) is 7.03. The van der Waals surface area contributed by atoms with Gasteiger partial charge >= 0.3 is 5.97 Å². The molecule has 0 radical (unpaired) electrons. The molecule has 106 valence electrons. The number of aromatic nitrogens is 2. The monoisotopic (exact) mass is 306 g/mol. The van der Waals surface area contributed by atoms with Crippen LogP contribution in [-0.2, 0) is 13.8 Å². The van der Waals surface area contributed by atoms with E-state index in [0.717, 1.165) is 12.8 Å².